The van der Waals surface area contributed by atoms with E-state index >= 15 is 0 Å². The summed E-state index contributed by atoms with van der Waals surface area (Å²) in [5.41, 5.74) is -4.48. The lowest BCUT2D eigenvalue weighted by atomic mass is 9.45. The Hall–Kier alpha value is -1.12. The molecule has 0 saturated heterocycles. The summed E-state index contributed by atoms with van der Waals surface area (Å²) < 4.78 is 0. The van der Waals surface area contributed by atoms with Crippen molar-refractivity contribution in [1.29, 1.82) is 0 Å². The highest BCUT2D eigenvalue weighted by molar-refractivity contribution is 5.97. The van der Waals surface area contributed by atoms with Gasteiger partial charge in [-0.1, -0.05) is 13.8 Å². The second-order valence-corrected chi connectivity index (χ2v) is 13.0. The highest BCUT2D eigenvalue weighted by Crippen LogP contribution is 2.68. The van der Waals surface area contributed by atoms with Crippen LogP contribution in [0, 0.1) is 28.6 Å². The molecule has 0 aliphatic heterocycles. The lowest BCUT2D eigenvalue weighted by Gasteiger charge is -2.60. The Labute approximate surface area is 202 Å². The molecular weight excluding hydrogens is 436 g/mol. The second kappa shape index (κ2) is 7.94. The Morgan fingerprint density at radius 3 is 2.35 bits per heavy atom. The number of hydrogen-bond acceptors (Lipinski definition) is 7. The van der Waals surface area contributed by atoms with E-state index in [0.717, 1.165) is 0 Å². The van der Waals surface area contributed by atoms with Crippen LogP contribution in [-0.4, -0.2) is 66.1 Å². The van der Waals surface area contributed by atoms with E-state index in [1.807, 2.05) is 13.8 Å². The molecule has 4 aliphatic rings. The van der Waals surface area contributed by atoms with Gasteiger partial charge >= 0.3 is 0 Å². The maximum atomic E-state index is 13.2. The molecule has 4 rings (SSSR count). The maximum absolute atomic E-state index is 13.2. The van der Waals surface area contributed by atoms with Crippen molar-refractivity contribution in [3.05, 3.63) is 11.6 Å². The van der Waals surface area contributed by atoms with Crippen LogP contribution in [0.3, 0.4) is 0 Å². The number of fused-ring (bicyclic) bond motifs is 5. The van der Waals surface area contributed by atoms with Gasteiger partial charge in [-0.15, -0.1) is 0 Å². The first kappa shape index (κ1) is 26.0. The van der Waals surface area contributed by atoms with E-state index in [9.17, 15) is 35.1 Å². The Kier molecular flexibility index (Phi) is 6.06. The molecule has 0 radical (unpaired) electrons. The Morgan fingerprint density at radius 2 is 1.74 bits per heavy atom. The number of carbonyl (C=O) groups is 2. The SMILES string of the molecule is CC(C)(O)CCC(O)C(C)(O)C1CCC2(O)C3=CC(=O)C4CC(O)C(=O)CC4(C)C3CCC12C. The molecular formula is C27H42O7. The van der Waals surface area contributed by atoms with Crippen LogP contribution >= 0.6 is 0 Å². The topological polar surface area (TPSA) is 135 Å². The molecule has 0 aromatic heterocycles. The van der Waals surface area contributed by atoms with Crippen LogP contribution in [0.1, 0.15) is 86.0 Å². The van der Waals surface area contributed by atoms with Crippen molar-refractivity contribution in [3.8, 4) is 0 Å². The molecule has 34 heavy (non-hydrogen) atoms. The molecule has 3 fully saturated rings. The summed E-state index contributed by atoms with van der Waals surface area (Å²) in [6.07, 6.45) is 2.34. The fraction of sp³-hybridized carbons (Fsp3) is 0.852. The van der Waals surface area contributed by atoms with Crippen LogP contribution in [0.5, 0.6) is 0 Å². The van der Waals surface area contributed by atoms with Crippen molar-refractivity contribution in [2.75, 3.05) is 0 Å². The van der Waals surface area contributed by atoms with Crippen molar-refractivity contribution in [1.82, 2.24) is 0 Å². The van der Waals surface area contributed by atoms with E-state index in [4.69, 9.17) is 0 Å². The average Bonchev–Trinajstić information content (AvgIpc) is 3.00. The number of allylic oxidation sites excluding steroid dienone is 1. The third kappa shape index (κ3) is 3.65. The van der Waals surface area contributed by atoms with E-state index < -0.39 is 51.7 Å². The zero-order valence-electron chi connectivity index (χ0n) is 21.2. The molecule has 0 heterocycles. The van der Waals surface area contributed by atoms with Crippen LogP contribution < -0.4 is 0 Å². The summed E-state index contributed by atoms with van der Waals surface area (Å²) in [5, 5.41) is 54.9. The molecule has 0 bridgehead atoms. The maximum Gasteiger partial charge on any atom is 0.161 e. The largest absolute Gasteiger partial charge is 0.390 e. The van der Waals surface area contributed by atoms with Gasteiger partial charge in [0.15, 0.2) is 11.6 Å². The lowest BCUT2D eigenvalue weighted by Crippen LogP contribution is -2.62. The van der Waals surface area contributed by atoms with Crippen LogP contribution in [-0.2, 0) is 9.59 Å². The van der Waals surface area contributed by atoms with Gasteiger partial charge in [0.25, 0.3) is 0 Å². The van der Waals surface area contributed by atoms with E-state index in [0.29, 0.717) is 37.7 Å². The standard InChI is InChI=1S/C27H42O7/c1-23(2,32)9-8-22(31)26(5,33)21-7-11-27(34)16-12-18(28)17-13-19(29)20(30)14-24(17,3)15(16)6-10-25(21,27)4/h12,15,17,19,21-22,29,31-34H,6-11,13-14H2,1-5H3. The van der Waals surface area contributed by atoms with E-state index in [2.05, 4.69) is 0 Å². The van der Waals surface area contributed by atoms with Crippen molar-refractivity contribution < 1.29 is 35.1 Å². The number of Topliss-reactive ketones (excluding diaryl/α,β-unsaturated/α-hetero) is 1. The molecule has 9 unspecified atom stereocenters. The fourth-order valence-corrected chi connectivity index (χ4v) is 8.15. The summed E-state index contributed by atoms with van der Waals surface area (Å²) in [7, 11) is 0. The quantitative estimate of drug-likeness (QED) is 0.408. The average molecular weight is 479 g/mol. The van der Waals surface area contributed by atoms with E-state index in [1.165, 1.54) is 0 Å². The number of carbonyl (C=O) groups excluding carboxylic acids is 2. The third-order valence-corrected chi connectivity index (χ3v) is 10.3. The van der Waals surface area contributed by atoms with Crippen molar-refractivity contribution >= 4 is 11.6 Å². The third-order valence-electron chi connectivity index (χ3n) is 10.3. The molecule has 192 valence electrons. The number of hydrogen-bond donors (Lipinski definition) is 5. The monoisotopic (exact) mass is 478 g/mol. The molecule has 7 heteroatoms. The summed E-state index contributed by atoms with van der Waals surface area (Å²) in [5.74, 6) is -1.37. The van der Waals surface area contributed by atoms with Crippen molar-refractivity contribution in [2.45, 2.75) is 115 Å². The van der Waals surface area contributed by atoms with Crippen LogP contribution in [0.15, 0.2) is 11.6 Å². The molecule has 0 amide bonds. The predicted octanol–water partition coefficient (Wildman–Crippen LogP) is 2.06. The van der Waals surface area contributed by atoms with Gasteiger partial charge in [-0.05, 0) is 94.6 Å². The van der Waals surface area contributed by atoms with Gasteiger partial charge in [-0.2, -0.15) is 0 Å². The Balaban J connectivity index is 1.67. The molecule has 5 N–H and O–H groups in total. The van der Waals surface area contributed by atoms with Gasteiger partial charge in [0.2, 0.25) is 0 Å². The second-order valence-electron chi connectivity index (χ2n) is 13.0. The first-order valence-electron chi connectivity index (χ1n) is 12.8. The Morgan fingerprint density at radius 1 is 1.09 bits per heavy atom. The summed E-state index contributed by atoms with van der Waals surface area (Å²) >= 11 is 0. The summed E-state index contributed by atoms with van der Waals surface area (Å²) in [6.45, 7) is 8.86. The molecule has 9 atom stereocenters. The highest BCUT2D eigenvalue weighted by Gasteiger charge is 2.69. The number of ketones is 2. The Bertz CT molecular complexity index is 901. The van der Waals surface area contributed by atoms with Gasteiger partial charge in [-0.3, -0.25) is 9.59 Å². The van der Waals surface area contributed by atoms with Crippen LogP contribution in [0.2, 0.25) is 0 Å². The van der Waals surface area contributed by atoms with Gasteiger partial charge in [-0.25, -0.2) is 0 Å². The minimum atomic E-state index is -1.48. The molecule has 0 spiro atoms. The fourth-order valence-electron chi connectivity index (χ4n) is 8.15. The minimum absolute atomic E-state index is 0.121. The van der Waals surface area contributed by atoms with Crippen molar-refractivity contribution in [2.24, 2.45) is 28.6 Å². The summed E-state index contributed by atoms with van der Waals surface area (Å²) in [4.78, 5) is 25.7. The number of rotatable bonds is 5. The predicted molar refractivity (Wildman–Crippen MR) is 126 cm³/mol. The zero-order chi connectivity index (χ0) is 25.5. The first-order valence-corrected chi connectivity index (χ1v) is 12.8. The zero-order valence-corrected chi connectivity index (χ0v) is 21.2. The smallest absolute Gasteiger partial charge is 0.161 e. The number of aliphatic hydroxyl groups excluding tert-OH is 2. The normalized spacial score (nSPS) is 45.1. The molecule has 7 nitrogen and oxygen atoms in total. The van der Waals surface area contributed by atoms with Gasteiger partial charge in [0.05, 0.1) is 22.9 Å². The number of aliphatic hydroxyl groups is 5. The van der Waals surface area contributed by atoms with Gasteiger partial charge in [0.1, 0.15) is 6.10 Å². The molecule has 3 saturated carbocycles. The first-order chi connectivity index (χ1) is 15.5. The lowest BCUT2D eigenvalue weighted by molar-refractivity contribution is -0.173. The summed E-state index contributed by atoms with van der Waals surface area (Å²) in [6, 6.07) is 0. The van der Waals surface area contributed by atoms with E-state index in [-0.39, 0.29) is 36.7 Å². The van der Waals surface area contributed by atoms with Gasteiger partial charge < -0.3 is 25.5 Å². The molecule has 0 aromatic carbocycles. The molecule has 0 aromatic rings. The van der Waals surface area contributed by atoms with Crippen molar-refractivity contribution in [3.63, 3.8) is 0 Å². The van der Waals surface area contributed by atoms with E-state index in [1.54, 1.807) is 26.8 Å². The molecule has 4 aliphatic carbocycles. The van der Waals surface area contributed by atoms with Crippen LogP contribution in [0.4, 0.5) is 0 Å². The highest BCUT2D eigenvalue weighted by atomic mass is 16.3. The van der Waals surface area contributed by atoms with Crippen LogP contribution in [0.25, 0.3) is 0 Å². The minimum Gasteiger partial charge on any atom is -0.390 e. The van der Waals surface area contributed by atoms with Gasteiger partial charge in [0, 0.05) is 17.8 Å².